The summed E-state index contributed by atoms with van der Waals surface area (Å²) in [6.07, 6.45) is 4.33. The zero-order valence-corrected chi connectivity index (χ0v) is 16.8. The maximum absolute atomic E-state index is 12.8. The zero-order chi connectivity index (χ0) is 20.1. The van der Waals surface area contributed by atoms with Crippen LogP contribution in [0.1, 0.15) is 80.3 Å². The summed E-state index contributed by atoms with van der Waals surface area (Å²) in [5, 5.41) is 3.74. The van der Waals surface area contributed by atoms with Crippen molar-refractivity contribution in [3.8, 4) is 11.1 Å². The fourth-order valence-corrected chi connectivity index (χ4v) is 3.79. The zero-order valence-electron chi connectivity index (χ0n) is 16.8. The molecule has 1 unspecified atom stereocenters. The SMILES string of the molecule is CCCCC1c2ccccc2-c2ccc(C(=O)/C(C)=N\OC(=O)CCC)cc21. The van der Waals surface area contributed by atoms with Gasteiger partial charge in [-0.3, -0.25) is 4.79 Å². The van der Waals surface area contributed by atoms with Crippen LogP contribution in [0, 0.1) is 0 Å². The second-order valence-corrected chi connectivity index (χ2v) is 7.30. The maximum Gasteiger partial charge on any atom is 0.335 e. The lowest BCUT2D eigenvalue weighted by atomic mass is 9.90. The quantitative estimate of drug-likeness (QED) is 0.249. The Kier molecular flexibility index (Phi) is 6.40. The Labute approximate surface area is 166 Å². The molecule has 3 rings (SSSR count). The molecule has 4 nitrogen and oxygen atoms in total. The first kappa shape index (κ1) is 20.0. The van der Waals surface area contributed by atoms with Crippen LogP contribution in [0.3, 0.4) is 0 Å². The van der Waals surface area contributed by atoms with Crippen LogP contribution in [0.2, 0.25) is 0 Å². The topological polar surface area (TPSA) is 55.7 Å². The summed E-state index contributed by atoms with van der Waals surface area (Å²) in [6, 6.07) is 14.3. The van der Waals surface area contributed by atoms with Gasteiger partial charge in [0.25, 0.3) is 0 Å². The predicted molar refractivity (Wildman–Crippen MR) is 112 cm³/mol. The molecule has 2 aromatic carbocycles. The van der Waals surface area contributed by atoms with Gasteiger partial charge in [-0.05, 0) is 48.1 Å². The Morgan fingerprint density at radius 3 is 2.50 bits per heavy atom. The van der Waals surface area contributed by atoms with Crippen molar-refractivity contribution in [2.75, 3.05) is 0 Å². The van der Waals surface area contributed by atoms with Gasteiger partial charge in [-0.25, -0.2) is 4.79 Å². The average molecular weight is 377 g/mol. The molecule has 0 spiro atoms. The minimum Gasteiger partial charge on any atom is -0.318 e. The van der Waals surface area contributed by atoms with Crippen molar-refractivity contribution in [2.45, 2.75) is 58.8 Å². The van der Waals surface area contributed by atoms with Crippen molar-refractivity contribution in [1.29, 1.82) is 0 Å². The number of Topliss-reactive ketones (excluding diaryl/α,β-unsaturated/α-hetero) is 1. The fourth-order valence-electron chi connectivity index (χ4n) is 3.79. The number of ketones is 1. The number of benzene rings is 2. The Bertz CT molecular complexity index is 914. The molecular formula is C24H27NO3. The first-order chi connectivity index (χ1) is 13.6. The lowest BCUT2D eigenvalue weighted by Gasteiger charge is -2.13. The van der Waals surface area contributed by atoms with Crippen molar-refractivity contribution in [3.05, 3.63) is 59.2 Å². The molecule has 1 aliphatic carbocycles. The molecule has 0 fully saturated rings. The first-order valence-electron chi connectivity index (χ1n) is 10.1. The van der Waals surface area contributed by atoms with Crippen LogP contribution in [-0.4, -0.2) is 17.5 Å². The van der Waals surface area contributed by atoms with Gasteiger partial charge >= 0.3 is 5.97 Å². The fraction of sp³-hybridized carbons (Fsp3) is 0.375. The standard InChI is InChI=1S/C24H27NO3/c1-4-6-10-20-18-11-7-8-12-19(18)21-14-13-17(15-22(20)21)24(27)16(3)25-28-23(26)9-5-2/h7-8,11-15,20H,4-6,9-10H2,1-3H3/b25-16-. The molecule has 1 atom stereocenters. The number of hydrogen-bond donors (Lipinski definition) is 0. The smallest absolute Gasteiger partial charge is 0.318 e. The molecule has 0 saturated carbocycles. The molecule has 0 amide bonds. The monoisotopic (exact) mass is 377 g/mol. The van der Waals surface area contributed by atoms with E-state index in [2.05, 4.69) is 36.3 Å². The van der Waals surface area contributed by atoms with E-state index in [0.29, 0.717) is 24.3 Å². The largest absolute Gasteiger partial charge is 0.335 e. The highest BCUT2D eigenvalue weighted by Crippen LogP contribution is 2.47. The summed E-state index contributed by atoms with van der Waals surface area (Å²) in [4.78, 5) is 29.1. The van der Waals surface area contributed by atoms with Crippen LogP contribution in [0.5, 0.6) is 0 Å². The Morgan fingerprint density at radius 1 is 1.00 bits per heavy atom. The number of carbonyl (C=O) groups is 2. The summed E-state index contributed by atoms with van der Waals surface area (Å²) in [7, 11) is 0. The van der Waals surface area contributed by atoms with Crippen LogP contribution < -0.4 is 0 Å². The number of hydrogen-bond acceptors (Lipinski definition) is 4. The molecule has 146 valence electrons. The van der Waals surface area contributed by atoms with Crippen molar-refractivity contribution in [1.82, 2.24) is 0 Å². The third-order valence-corrected chi connectivity index (χ3v) is 5.23. The minimum atomic E-state index is -0.418. The van der Waals surface area contributed by atoms with Gasteiger partial charge in [0.2, 0.25) is 5.78 Å². The van der Waals surface area contributed by atoms with Crippen LogP contribution >= 0.6 is 0 Å². The molecule has 0 saturated heterocycles. The molecule has 4 heteroatoms. The van der Waals surface area contributed by atoms with Crippen LogP contribution in [0.15, 0.2) is 47.6 Å². The molecule has 0 aromatic heterocycles. The van der Waals surface area contributed by atoms with E-state index in [9.17, 15) is 9.59 Å². The number of rotatable bonds is 8. The van der Waals surface area contributed by atoms with Crippen molar-refractivity contribution in [3.63, 3.8) is 0 Å². The molecule has 0 heterocycles. The van der Waals surface area contributed by atoms with Gasteiger partial charge in [-0.15, -0.1) is 0 Å². The summed E-state index contributed by atoms with van der Waals surface area (Å²) >= 11 is 0. The molecule has 2 aromatic rings. The summed E-state index contributed by atoms with van der Waals surface area (Å²) < 4.78 is 0. The van der Waals surface area contributed by atoms with E-state index in [1.54, 1.807) is 6.92 Å². The van der Waals surface area contributed by atoms with Gasteiger partial charge in [-0.1, -0.05) is 68.2 Å². The highest BCUT2D eigenvalue weighted by atomic mass is 16.7. The maximum atomic E-state index is 12.8. The Balaban J connectivity index is 1.88. The highest BCUT2D eigenvalue weighted by Gasteiger charge is 2.28. The van der Waals surface area contributed by atoms with E-state index < -0.39 is 5.97 Å². The number of fused-ring (bicyclic) bond motifs is 3. The van der Waals surface area contributed by atoms with E-state index in [0.717, 1.165) is 19.3 Å². The Morgan fingerprint density at radius 2 is 1.75 bits per heavy atom. The van der Waals surface area contributed by atoms with Crippen molar-refractivity contribution < 1.29 is 14.4 Å². The van der Waals surface area contributed by atoms with Gasteiger partial charge < -0.3 is 4.84 Å². The van der Waals surface area contributed by atoms with E-state index in [1.807, 2.05) is 25.1 Å². The van der Waals surface area contributed by atoms with Gasteiger partial charge in [0.15, 0.2) is 0 Å². The second kappa shape index (κ2) is 8.96. The van der Waals surface area contributed by atoms with E-state index in [-0.39, 0.29) is 11.5 Å². The Hall–Kier alpha value is -2.75. The molecule has 0 aliphatic heterocycles. The van der Waals surface area contributed by atoms with Gasteiger partial charge in [0, 0.05) is 17.9 Å². The highest BCUT2D eigenvalue weighted by molar-refractivity contribution is 6.45. The van der Waals surface area contributed by atoms with E-state index in [4.69, 9.17) is 4.84 Å². The van der Waals surface area contributed by atoms with Crippen molar-refractivity contribution in [2.24, 2.45) is 5.16 Å². The second-order valence-electron chi connectivity index (χ2n) is 7.30. The molecule has 0 radical (unpaired) electrons. The summed E-state index contributed by atoms with van der Waals surface area (Å²) in [5.41, 5.74) is 5.78. The van der Waals surface area contributed by atoms with Gasteiger partial charge in [0.1, 0.15) is 5.71 Å². The molecule has 28 heavy (non-hydrogen) atoms. The molecule has 0 bridgehead atoms. The van der Waals surface area contributed by atoms with Crippen LogP contribution in [-0.2, 0) is 9.63 Å². The van der Waals surface area contributed by atoms with Crippen LogP contribution in [0.4, 0.5) is 0 Å². The lowest BCUT2D eigenvalue weighted by molar-refractivity contribution is -0.143. The number of carbonyl (C=O) groups excluding carboxylic acids is 2. The van der Waals surface area contributed by atoms with E-state index >= 15 is 0 Å². The van der Waals surface area contributed by atoms with Crippen LogP contribution in [0.25, 0.3) is 11.1 Å². The summed E-state index contributed by atoms with van der Waals surface area (Å²) in [5.74, 6) is -0.311. The normalized spacial score (nSPS) is 15.1. The number of unbranched alkanes of at least 4 members (excludes halogenated alkanes) is 1. The third kappa shape index (κ3) is 4.06. The van der Waals surface area contributed by atoms with Gasteiger partial charge in [-0.2, -0.15) is 0 Å². The molecule has 0 N–H and O–H groups in total. The van der Waals surface area contributed by atoms with Crippen molar-refractivity contribution >= 4 is 17.5 Å². The average Bonchev–Trinajstić information content (AvgIpc) is 3.03. The molecular weight excluding hydrogens is 350 g/mol. The number of oxime groups is 1. The van der Waals surface area contributed by atoms with E-state index in [1.165, 1.54) is 22.3 Å². The molecule has 1 aliphatic rings. The first-order valence-corrected chi connectivity index (χ1v) is 10.1. The summed E-state index contributed by atoms with van der Waals surface area (Å²) in [6.45, 7) is 5.67. The lowest BCUT2D eigenvalue weighted by Crippen LogP contribution is -2.13. The number of nitrogens with zero attached hydrogens (tertiary/aromatic N) is 1. The third-order valence-electron chi connectivity index (χ3n) is 5.23. The predicted octanol–water partition coefficient (Wildman–Crippen LogP) is 5.89. The minimum absolute atomic E-state index is 0.185. The van der Waals surface area contributed by atoms with Gasteiger partial charge in [0.05, 0.1) is 0 Å².